The van der Waals surface area contributed by atoms with Gasteiger partial charge in [-0.25, -0.2) is 4.39 Å². The van der Waals surface area contributed by atoms with E-state index in [4.69, 9.17) is 0 Å². The first kappa shape index (κ1) is 21.4. The van der Waals surface area contributed by atoms with Crippen molar-refractivity contribution in [2.45, 2.75) is 83.2 Å². The molecule has 31 heavy (non-hydrogen) atoms. The highest BCUT2D eigenvalue weighted by molar-refractivity contribution is 5.87. The largest absolute Gasteiger partial charge is 0.508 e. The summed E-state index contributed by atoms with van der Waals surface area (Å²) in [6, 6.07) is 5.54. The fourth-order valence-corrected chi connectivity index (χ4v) is 7.76. The lowest BCUT2D eigenvalue weighted by molar-refractivity contribution is -0.132. The number of carbonyl (C=O) groups is 1. The van der Waals surface area contributed by atoms with Crippen molar-refractivity contribution in [2.24, 2.45) is 23.2 Å². The zero-order valence-corrected chi connectivity index (χ0v) is 19.0. The smallest absolute Gasteiger partial charge is 0.139 e. The molecule has 0 unspecified atom stereocenters. The molecule has 0 amide bonds. The SMILES string of the molecule is C[C@]12C[C@H](F)[C@@H]3c4ccc(O)cc4C[C@@H](CCCCCN4CCCC4)[C@H]3[C@@H]1CCC2=O. The highest BCUT2D eigenvalue weighted by atomic mass is 19.1. The first-order chi connectivity index (χ1) is 15.0. The Morgan fingerprint density at radius 2 is 2.00 bits per heavy atom. The number of aromatic hydroxyl groups is 1. The molecule has 2 saturated carbocycles. The highest BCUT2D eigenvalue weighted by Gasteiger charge is 2.60. The number of halogens is 1. The highest BCUT2D eigenvalue weighted by Crippen LogP contribution is 2.62. The number of phenols is 1. The molecule has 0 spiro atoms. The van der Waals surface area contributed by atoms with Crippen LogP contribution >= 0.6 is 0 Å². The zero-order valence-electron chi connectivity index (χ0n) is 19.0. The molecule has 4 aliphatic rings. The van der Waals surface area contributed by atoms with Gasteiger partial charge in [0.1, 0.15) is 17.7 Å². The zero-order chi connectivity index (χ0) is 21.6. The van der Waals surface area contributed by atoms with Crippen LogP contribution in [-0.2, 0) is 11.2 Å². The third kappa shape index (κ3) is 3.83. The summed E-state index contributed by atoms with van der Waals surface area (Å²) in [4.78, 5) is 15.4. The standard InChI is InChI=1S/C27H38FNO2/c1-27-17-23(28)26-21-9-8-20(30)16-19(21)15-18(25(26)22(27)10-11-24(27)31)7-3-2-4-12-29-13-5-6-14-29/h8-9,16,18,22-23,25-26,30H,2-7,10-15,17H2,1H3/t18-,22+,23+,25+,26+,27+/m1/s1. The Bertz CT molecular complexity index is 819. The fourth-order valence-electron chi connectivity index (χ4n) is 7.76. The van der Waals surface area contributed by atoms with Crippen LogP contribution < -0.4 is 0 Å². The Labute approximate surface area is 186 Å². The molecule has 1 heterocycles. The number of rotatable bonds is 6. The van der Waals surface area contributed by atoms with Gasteiger partial charge in [-0.15, -0.1) is 0 Å². The fraction of sp³-hybridized carbons (Fsp3) is 0.741. The van der Waals surface area contributed by atoms with Gasteiger partial charge in [-0.05, 0) is 106 Å². The van der Waals surface area contributed by atoms with E-state index in [2.05, 4.69) is 11.8 Å². The van der Waals surface area contributed by atoms with Crippen molar-refractivity contribution in [1.29, 1.82) is 0 Å². The predicted molar refractivity (Wildman–Crippen MR) is 121 cm³/mol. The summed E-state index contributed by atoms with van der Waals surface area (Å²) in [5.74, 6) is 1.46. The number of likely N-dealkylation sites (tertiary alicyclic amines) is 1. The number of carbonyl (C=O) groups excluding carboxylic acids is 1. The van der Waals surface area contributed by atoms with Crippen LogP contribution in [0.1, 0.15) is 81.8 Å². The molecule has 3 fully saturated rings. The summed E-state index contributed by atoms with van der Waals surface area (Å²) in [5.41, 5.74) is 1.77. The minimum Gasteiger partial charge on any atom is -0.508 e. The number of hydrogen-bond acceptors (Lipinski definition) is 3. The van der Waals surface area contributed by atoms with Gasteiger partial charge in [-0.1, -0.05) is 25.8 Å². The number of fused-ring (bicyclic) bond motifs is 5. The monoisotopic (exact) mass is 427 g/mol. The van der Waals surface area contributed by atoms with E-state index in [1.165, 1.54) is 51.7 Å². The molecule has 170 valence electrons. The van der Waals surface area contributed by atoms with Crippen LogP contribution in [-0.4, -0.2) is 41.6 Å². The van der Waals surface area contributed by atoms with Gasteiger partial charge in [-0.2, -0.15) is 0 Å². The Morgan fingerprint density at radius 1 is 1.19 bits per heavy atom. The van der Waals surface area contributed by atoms with Crippen molar-refractivity contribution in [2.75, 3.05) is 19.6 Å². The minimum atomic E-state index is -0.963. The van der Waals surface area contributed by atoms with Crippen molar-refractivity contribution in [3.63, 3.8) is 0 Å². The quantitative estimate of drug-likeness (QED) is 0.597. The van der Waals surface area contributed by atoms with Crippen molar-refractivity contribution in [3.05, 3.63) is 29.3 Å². The van der Waals surface area contributed by atoms with Crippen molar-refractivity contribution < 1.29 is 14.3 Å². The van der Waals surface area contributed by atoms with Gasteiger partial charge in [0.05, 0.1) is 0 Å². The second-order valence-corrected chi connectivity index (χ2v) is 11.1. The summed E-state index contributed by atoms with van der Waals surface area (Å²) in [7, 11) is 0. The van der Waals surface area contributed by atoms with Gasteiger partial charge in [0.25, 0.3) is 0 Å². The molecule has 0 aromatic heterocycles. The van der Waals surface area contributed by atoms with Crippen LogP contribution in [0.3, 0.4) is 0 Å². The van der Waals surface area contributed by atoms with E-state index in [1.807, 2.05) is 12.1 Å². The van der Waals surface area contributed by atoms with Crippen LogP contribution in [0.4, 0.5) is 4.39 Å². The molecule has 1 aromatic carbocycles. The number of unbranched alkanes of at least 4 members (excludes halogenated alkanes) is 2. The summed E-state index contributed by atoms with van der Waals surface area (Å²) >= 11 is 0. The molecule has 1 aliphatic heterocycles. The molecule has 1 N–H and O–H groups in total. The van der Waals surface area contributed by atoms with Gasteiger partial charge in [-0.3, -0.25) is 4.79 Å². The van der Waals surface area contributed by atoms with E-state index in [-0.39, 0.29) is 17.6 Å². The number of Topliss-reactive ketones (excluding diaryl/α,β-unsaturated/α-hetero) is 1. The summed E-state index contributed by atoms with van der Waals surface area (Å²) < 4.78 is 15.7. The summed E-state index contributed by atoms with van der Waals surface area (Å²) in [5, 5.41) is 10.1. The van der Waals surface area contributed by atoms with E-state index in [0.717, 1.165) is 30.4 Å². The Morgan fingerprint density at radius 3 is 2.81 bits per heavy atom. The number of benzene rings is 1. The maximum absolute atomic E-state index is 15.7. The second-order valence-electron chi connectivity index (χ2n) is 11.1. The van der Waals surface area contributed by atoms with E-state index < -0.39 is 11.6 Å². The van der Waals surface area contributed by atoms with Gasteiger partial charge in [0, 0.05) is 17.8 Å². The second kappa shape index (κ2) is 8.50. The predicted octanol–water partition coefficient (Wildman–Crippen LogP) is 5.65. The van der Waals surface area contributed by atoms with Crippen LogP contribution in [0.2, 0.25) is 0 Å². The van der Waals surface area contributed by atoms with Gasteiger partial charge in [0.2, 0.25) is 0 Å². The molecule has 3 aliphatic carbocycles. The van der Waals surface area contributed by atoms with E-state index in [0.29, 0.717) is 30.5 Å². The maximum atomic E-state index is 15.7. The van der Waals surface area contributed by atoms with Crippen molar-refractivity contribution >= 4 is 5.78 Å². The average molecular weight is 428 g/mol. The molecule has 0 radical (unpaired) electrons. The number of hydrogen-bond donors (Lipinski definition) is 1. The molecule has 1 aromatic rings. The molecule has 6 atom stereocenters. The van der Waals surface area contributed by atoms with Crippen LogP contribution in [0.25, 0.3) is 0 Å². The lowest BCUT2D eigenvalue weighted by Crippen LogP contribution is -2.50. The number of alkyl halides is 1. The van der Waals surface area contributed by atoms with E-state index in [1.54, 1.807) is 6.07 Å². The minimum absolute atomic E-state index is 0.108. The summed E-state index contributed by atoms with van der Waals surface area (Å²) in [6.45, 7) is 5.79. The van der Waals surface area contributed by atoms with Crippen molar-refractivity contribution in [1.82, 2.24) is 4.90 Å². The lowest BCUT2D eigenvalue weighted by atomic mass is 9.51. The molecule has 0 bridgehead atoms. The molecular formula is C27H38FNO2. The van der Waals surface area contributed by atoms with Gasteiger partial charge in [0.15, 0.2) is 0 Å². The van der Waals surface area contributed by atoms with E-state index in [9.17, 15) is 9.90 Å². The normalized spacial score (nSPS) is 37.5. The van der Waals surface area contributed by atoms with E-state index >= 15 is 4.39 Å². The molecule has 4 heteroatoms. The molecule has 1 saturated heterocycles. The topological polar surface area (TPSA) is 40.5 Å². The Balaban J connectivity index is 1.34. The number of ketones is 1. The van der Waals surface area contributed by atoms with Crippen LogP contribution in [0.15, 0.2) is 18.2 Å². The third-order valence-corrected chi connectivity index (χ3v) is 9.29. The van der Waals surface area contributed by atoms with Gasteiger partial charge < -0.3 is 10.0 Å². The number of nitrogens with zero attached hydrogens (tertiary/aromatic N) is 1. The average Bonchev–Trinajstić information content (AvgIpc) is 3.35. The third-order valence-electron chi connectivity index (χ3n) is 9.29. The molecule has 5 rings (SSSR count). The number of phenolic OH excluding ortho intramolecular Hbond substituents is 1. The molecular weight excluding hydrogens is 389 g/mol. The first-order valence-corrected chi connectivity index (χ1v) is 12.7. The van der Waals surface area contributed by atoms with Crippen molar-refractivity contribution in [3.8, 4) is 5.75 Å². The lowest BCUT2D eigenvalue weighted by Gasteiger charge is -2.53. The first-order valence-electron chi connectivity index (χ1n) is 12.7. The summed E-state index contributed by atoms with van der Waals surface area (Å²) in [6.07, 6.45) is 9.38. The Kier molecular flexibility index (Phi) is 5.87. The van der Waals surface area contributed by atoms with Crippen LogP contribution in [0, 0.1) is 23.2 Å². The Hall–Kier alpha value is -1.42. The maximum Gasteiger partial charge on any atom is 0.139 e. The van der Waals surface area contributed by atoms with Gasteiger partial charge >= 0.3 is 0 Å². The van der Waals surface area contributed by atoms with Crippen LogP contribution in [0.5, 0.6) is 5.75 Å². The molecule has 3 nitrogen and oxygen atoms in total.